The topological polar surface area (TPSA) is 41.9 Å². The van der Waals surface area contributed by atoms with Crippen LogP contribution in [0.3, 0.4) is 0 Å². The Kier molecular flexibility index (Phi) is 6.96. The van der Waals surface area contributed by atoms with Crippen LogP contribution in [0.15, 0.2) is 0 Å². The van der Waals surface area contributed by atoms with Gasteiger partial charge in [0.25, 0.3) is 0 Å². The molecule has 0 saturated carbocycles. The summed E-state index contributed by atoms with van der Waals surface area (Å²) in [6.07, 6.45) is 5.53. The maximum Gasteiger partial charge on any atom is 0.156 e. The molecular weight excluding hydrogens is 206 g/mol. The molecule has 0 aliphatic carbocycles. The Morgan fingerprint density at radius 3 is 2.69 bits per heavy atom. The molecule has 4 nitrogen and oxygen atoms in total. The minimum atomic E-state index is -0.0628. The third kappa shape index (κ3) is 4.37. The van der Waals surface area contributed by atoms with Gasteiger partial charge >= 0.3 is 0 Å². The van der Waals surface area contributed by atoms with Gasteiger partial charge in [0.2, 0.25) is 0 Å². The van der Waals surface area contributed by atoms with E-state index in [2.05, 4.69) is 4.90 Å². The molecule has 1 N–H and O–H groups in total. The third-order valence-corrected chi connectivity index (χ3v) is 3.37. The van der Waals surface area contributed by atoms with Crippen LogP contribution in [-0.2, 0) is 9.47 Å². The fraction of sp³-hybridized carbons (Fsp3) is 1.00. The van der Waals surface area contributed by atoms with Gasteiger partial charge in [-0.1, -0.05) is 0 Å². The molecule has 4 heteroatoms. The predicted octanol–water partition coefficient (Wildman–Crippen LogP) is 1.23. The second-order valence-corrected chi connectivity index (χ2v) is 4.41. The van der Waals surface area contributed by atoms with E-state index in [1.165, 1.54) is 6.42 Å². The summed E-state index contributed by atoms with van der Waals surface area (Å²) in [4.78, 5) is 2.40. The van der Waals surface area contributed by atoms with Crippen molar-refractivity contribution in [1.82, 2.24) is 4.90 Å². The first kappa shape index (κ1) is 13.9. The monoisotopic (exact) mass is 231 g/mol. The van der Waals surface area contributed by atoms with Crippen LogP contribution in [0.4, 0.5) is 0 Å². The molecule has 0 radical (unpaired) electrons. The maximum atomic E-state index is 9.18. The van der Waals surface area contributed by atoms with Crippen molar-refractivity contribution in [3.05, 3.63) is 0 Å². The molecule has 0 bridgehead atoms. The minimum absolute atomic E-state index is 0.0628. The summed E-state index contributed by atoms with van der Waals surface area (Å²) < 4.78 is 10.3. The lowest BCUT2D eigenvalue weighted by atomic mass is 10.2. The maximum absolute atomic E-state index is 9.18. The highest BCUT2D eigenvalue weighted by molar-refractivity contribution is 4.77. The van der Waals surface area contributed by atoms with Crippen molar-refractivity contribution in [2.24, 2.45) is 0 Å². The summed E-state index contributed by atoms with van der Waals surface area (Å²) in [6, 6.07) is 0.403. The van der Waals surface area contributed by atoms with Crippen LogP contribution in [0.2, 0.25) is 0 Å². The van der Waals surface area contributed by atoms with Gasteiger partial charge in [-0.15, -0.1) is 0 Å². The van der Waals surface area contributed by atoms with E-state index in [1.807, 2.05) is 0 Å². The molecule has 1 aliphatic rings. The molecular formula is C12H25NO3. The summed E-state index contributed by atoms with van der Waals surface area (Å²) >= 11 is 0. The smallest absolute Gasteiger partial charge is 0.156 e. The Morgan fingerprint density at radius 2 is 2.06 bits per heavy atom. The summed E-state index contributed by atoms with van der Waals surface area (Å²) in [6.45, 7) is 2.54. The predicted molar refractivity (Wildman–Crippen MR) is 63.3 cm³/mol. The van der Waals surface area contributed by atoms with E-state index in [-0.39, 0.29) is 6.29 Å². The zero-order valence-corrected chi connectivity index (χ0v) is 10.5. The van der Waals surface area contributed by atoms with Gasteiger partial charge in [-0.3, -0.25) is 4.90 Å². The highest BCUT2D eigenvalue weighted by atomic mass is 16.7. The van der Waals surface area contributed by atoms with Crippen molar-refractivity contribution in [2.45, 2.75) is 44.4 Å². The van der Waals surface area contributed by atoms with Gasteiger partial charge in [0.1, 0.15) is 0 Å². The standard InChI is InChI=1S/C12H25NO3/c1-15-12(16-2)7-3-4-8-13-9-5-6-11(13)10-14/h11-12,14H,3-10H2,1-2H3/t11-/m0/s1. The highest BCUT2D eigenvalue weighted by Gasteiger charge is 2.22. The summed E-state index contributed by atoms with van der Waals surface area (Å²) in [5, 5.41) is 9.18. The van der Waals surface area contributed by atoms with Gasteiger partial charge in [0, 0.05) is 20.3 Å². The number of aliphatic hydroxyl groups excluding tert-OH is 1. The summed E-state index contributed by atoms with van der Waals surface area (Å²) in [7, 11) is 3.35. The Morgan fingerprint density at radius 1 is 1.31 bits per heavy atom. The SMILES string of the molecule is COC(CCCCN1CCC[C@H]1CO)OC. The highest BCUT2D eigenvalue weighted by Crippen LogP contribution is 2.17. The first-order chi connectivity index (χ1) is 7.81. The van der Waals surface area contributed by atoms with E-state index >= 15 is 0 Å². The van der Waals surface area contributed by atoms with Crippen molar-refractivity contribution in [3.8, 4) is 0 Å². The van der Waals surface area contributed by atoms with Crippen molar-refractivity contribution >= 4 is 0 Å². The zero-order valence-electron chi connectivity index (χ0n) is 10.5. The average Bonchev–Trinajstić information content (AvgIpc) is 2.77. The van der Waals surface area contributed by atoms with Gasteiger partial charge < -0.3 is 14.6 Å². The van der Waals surface area contributed by atoms with Gasteiger partial charge in [-0.25, -0.2) is 0 Å². The Bertz CT molecular complexity index is 174. The lowest BCUT2D eigenvalue weighted by molar-refractivity contribution is -0.107. The molecule has 0 unspecified atom stereocenters. The second-order valence-electron chi connectivity index (χ2n) is 4.41. The van der Waals surface area contributed by atoms with Crippen molar-refractivity contribution in [2.75, 3.05) is 33.9 Å². The van der Waals surface area contributed by atoms with Gasteiger partial charge in [-0.05, 0) is 45.2 Å². The first-order valence-corrected chi connectivity index (χ1v) is 6.22. The Labute approximate surface area is 98.5 Å². The van der Waals surface area contributed by atoms with E-state index in [4.69, 9.17) is 9.47 Å². The molecule has 0 aromatic heterocycles. The van der Waals surface area contributed by atoms with Crippen LogP contribution in [-0.4, -0.2) is 56.3 Å². The van der Waals surface area contributed by atoms with E-state index in [9.17, 15) is 5.11 Å². The van der Waals surface area contributed by atoms with Crippen LogP contribution in [0.5, 0.6) is 0 Å². The second kappa shape index (κ2) is 8.01. The van der Waals surface area contributed by atoms with Crippen LogP contribution < -0.4 is 0 Å². The number of nitrogens with zero attached hydrogens (tertiary/aromatic N) is 1. The van der Waals surface area contributed by atoms with Gasteiger partial charge in [0.05, 0.1) is 6.61 Å². The summed E-state index contributed by atoms with van der Waals surface area (Å²) in [5.74, 6) is 0. The third-order valence-electron chi connectivity index (χ3n) is 3.37. The van der Waals surface area contributed by atoms with E-state index in [1.54, 1.807) is 14.2 Å². The molecule has 1 heterocycles. The molecule has 0 aromatic carbocycles. The molecule has 1 rings (SSSR count). The largest absolute Gasteiger partial charge is 0.395 e. The fourth-order valence-electron chi connectivity index (χ4n) is 2.35. The van der Waals surface area contributed by atoms with Gasteiger partial charge in [-0.2, -0.15) is 0 Å². The lowest BCUT2D eigenvalue weighted by Crippen LogP contribution is -2.33. The minimum Gasteiger partial charge on any atom is -0.395 e. The number of unbranched alkanes of at least 4 members (excludes halogenated alkanes) is 1. The van der Waals surface area contributed by atoms with E-state index in [0.29, 0.717) is 12.6 Å². The van der Waals surface area contributed by atoms with E-state index in [0.717, 1.165) is 38.8 Å². The number of hydrogen-bond donors (Lipinski definition) is 1. The number of aliphatic hydroxyl groups is 1. The molecule has 1 atom stereocenters. The van der Waals surface area contributed by atoms with E-state index < -0.39 is 0 Å². The summed E-state index contributed by atoms with van der Waals surface area (Å²) in [5.41, 5.74) is 0. The quantitative estimate of drug-likeness (QED) is 0.504. The van der Waals surface area contributed by atoms with Crippen LogP contribution in [0.1, 0.15) is 32.1 Å². The molecule has 0 aromatic rings. The van der Waals surface area contributed by atoms with Crippen LogP contribution in [0, 0.1) is 0 Å². The average molecular weight is 231 g/mol. The number of ether oxygens (including phenoxy) is 2. The first-order valence-electron chi connectivity index (χ1n) is 6.22. The number of methoxy groups -OCH3 is 2. The van der Waals surface area contributed by atoms with Crippen molar-refractivity contribution in [1.29, 1.82) is 0 Å². The van der Waals surface area contributed by atoms with Crippen LogP contribution in [0.25, 0.3) is 0 Å². The molecule has 96 valence electrons. The van der Waals surface area contributed by atoms with Gasteiger partial charge in [0.15, 0.2) is 6.29 Å². The van der Waals surface area contributed by atoms with Crippen molar-refractivity contribution < 1.29 is 14.6 Å². The Balaban J connectivity index is 2.06. The zero-order chi connectivity index (χ0) is 11.8. The molecule has 0 amide bonds. The molecule has 16 heavy (non-hydrogen) atoms. The normalized spacial score (nSPS) is 22.1. The van der Waals surface area contributed by atoms with Crippen molar-refractivity contribution in [3.63, 3.8) is 0 Å². The molecule has 1 fully saturated rings. The van der Waals surface area contributed by atoms with Crippen LogP contribution >= 0.6 is 0 Å². The molecule has 1 saturated heterocycles. The fourth-order valence-corrected chi connectivity index (χ4v) is 2.35. The number of likely N-dealkylation sites (tertiary alicyclic amines) is 1. The molecule has 0 spiro atoms. The number of rotatable bonds is 8. The Hall–Kier alpha value is -0.160. The lowest BCUT2D eigenvalue weighted by Gasteiger charge is -2.22. The number of hydrogen-bond acceptors (Lipinski definition) is 4. The molecule has 1 aliphatic heterocycles.